The maximum Gasteiger partial charge on any atom is 0.270 e. The van der Waals surface area contributed by atoms with E-state index in [0.29, 0.717) is 31.9 Å². The molecule has 0 atom stereocenters. The van der Waals surface area contributed by atoms with Gasteiger partial charge in [0.05, 0.1) is 0 Å². The second-order valence-electron chi connectivity index (χ2n) is 8.19. The van der Waals surface area contributed by atoms with E-state index in [4.69, 9.17) is 0 Å². The molecule has 1 amide bonds. The van der Waals surface area contributed by atoms with Crippen molar-refractivity contribution in [2.45, 2.75) is 17.7 Å². The lowest BCUT2D eigenvalue weighted by Gasteiger charge is -2.34. The van der Waals surface area contributed by atoms with Crippen molar-refractivity contribution in [3.05, 3.63) is 59.9 Å². The number of nitrogens with zero attached hydrogens (tertiary/aromatic N) is 4. The molecule has 1 aromatic heterocycles. The van der Waals surface area contributed by atoms with Crippen LogP contribution in [0.4, 0.5) is 0 Å². The van der Waals surface area contributed by atoms with E-state index in [2.05, 4.69) is 29.2 Å². The smallest absolute Gasteiger partial charge is 0.270 e. The van der Waals surface area contributed by atoms with Crippen molar-refractivity contribution in [3.63, 3.8) is 0 Å². The molecule has 0 N–H and O–H groups in total. The summed E-state index contributed by atoms with van der Waals surface area (Å²) in [6.45, 7) is 4.83. The van der Waals surface area contributed by atoms with Gasteiger partial charge in [0.1, 0.15) is 10.6 Å². The van der Waals surface area contributed by atoms with Crippen molar-refractivity contribution in [1.82, 2.24) is 18.7 Å². The van der Waals surface area contributed by atoms with Gasteiger partial charge in [-0.3, -0.25) is 9.69 Å². The molecule has 2 aliphatic heterocycles. The van der Waals surface area contributed by atoms with Gasteiger partial charge < -0.3 is 9.47 Å². The average Bonchev–Trinajstić information content (AvgIpc) is 3.45. The summed E-state index contributed by atoms with van der Waals surface area (Å²) in [6.07, 6.45) is 7.61. The number of carbonyl (C=O) groups excluding carboxylic acids is 1. The van der Waals surface area contributed by atoms with Crippen LogP contribution >= 0.6 is 0 Å². The topological polar surface area (TPSA) is 65.9 Å². The second-order valence-corrected chi connectivity index (χ2v) is 10.1. The minimum Gasteiger partial charge on any atom is -0.345 e. The van der Waals surface area contributed by atoms with Gasteiger partial charge in [0.25, 0.3) is 5.91 Å². The van der Waals surface area contributed by atoms with E-state index in [1.165, 1.54) is 15.9 Å². The molecule has 2 aliphatic rings. The molecule has 2 fully saturated rings. The summed E-state index contributed by atoms with van der Waals surface area (Å²) in [5, 5.41) is 0. The molecule has 0 radical (unpaired) electrons. The van der Waals surface area contributed by atoms with Gasteiger partial charge in [-0.1, -0.05) is 42.5 Å². The highest BCUT2D eigenvalue weighted by molar-refractivity contribution is 7.89. The second kappa shape index (κ2) is 9.38. The number of hydrogen-bond donors (Lipinski definition) is 0. The summed E-state index contributed by atoms with van der Waals surface area (Å²) in [7, 11) is -1.78. The monoisotopic (exact) mass is 442 g/mol. The van der Waals surface area contributed by atoms with Crippen molar-refractivity contribution in [1.29, 1.82) is 0 Å². The van der Waals surface area contributed by atoms with Gasteiger partial charge in [0.15, 0.2) is 0 Å². The van der Waals surface area contributed by atoms with Crippen molar-refractivity contribution >= 4 is 22.0 Å². The number of hydrogen-bond acceptors (Lipinski definition) is 4. The third-order valence-corrected chi connectivity index (χ3v) is 7.90. The predicted molar refractivity (Wildman–Crippen MR) is 121 cm³/mol. The Balaban J connectivity index is 1.34. The van der Waals surface area contributed by atoms with Crippen molar-refractivity contribution < 1.29 is 13.2 Å². The van der Waals surface area contributed by atoms with Gasteiger partial charge in [0, 0.05) is 59.1 Å². The number of benzene rings is 1. The van der Waals surface area contributed by atoms with E-state index in [-0.39, 0.29) is 10.8 Å². The van der Waals surface area contributed by atoms with Crippen LogP contribution in [0.2, 0.25) is 0 Å². The van der Waals surface area contributed by atoms with Crippen molar-refractivity contribution in [2.75, 3.05) is 45.8 Å². The molecular weight excluding hydrogens is 412 g/mol. The first-order valence-electron chi connectivity index (χ1n) is 10.8. The zero-order valence-corrected chi connectivity index (χ0v) is 18.8. The van der Waals surface area contributed by atoms with Gasteiger partial charge >= 0.3 is 0 Å². The molecule has 3 heterocycles. The van der Waals surface area contributed by atoms with Gasteiger partial charge in [0.2, 0.25) is 10.0 Å². The van der Waals surface area contributed by atoms with E-state index in [1.54, 1.807) is 17.8 Å². The third kappa shape index (κ3) is 4.92. The molecule has 1 aromatic carbocycles. The van der Waals surface area contributed by atoms with Crippen LogP contribution in [0.15, 0.2) is 53.6 Å². The van der Waals surface area contributed by atoms with Crippen LogP contribution in [0.1, 0.15) is 28.9 Å². The van der Waals surface area contributed by atoms with Gasteiger partial charge in [-0.2, -0.15) is 4.31 Å². The summed E-state index contributed by atoms with van der Waals surface area (Å²) in [4.78, 5) is 17.4. The molecule has 0 unspecified atom stereocenters. The van der Waals surface area contributed by atoms with Gasteiger partial charge in [-0.15, -0.1) is 0 Å². The van der Waals surface area contributed by atoms with Crippen molar-refractivity contribution in [2.24, 2.45) is 7.05 Å². The molecule has 2 saturated heterocycles. The Morgan fingerprint density at radius 2 is 1.68 bits per heavy atom. The summed E-state index contributed by atoms with van der Waals surface area (Å²) >= 11 is 0. The minimum atomic E-state index is -3.52. The zero-order chi connectivity index (χ0) is 21.8. The maximum atomic E-state index is 13.1. The van der Waals surface area contributed by atoms with E-state index >= 15 is 0 Å². The Morgan fingerprint density at radius 1 is 1.00 bits per heavy atom. The largest absolute Gasteiger partial charge is 0.345 e. The fourth-order valence-electron chi connectivity index (χ4n) is 4.16. The molecule has 4 rings (SSSR count). The highest BCUT2D eigenvalue weighted by Gasteiger charge is 2.31. The summed E-state index contributed by atoms with van der Waals surface area (Å²) in [5.41, 5.74) is 1.61. The number of aryl methyl sites for hydroxylation is 1. The number of aromatic nitrogens is 1. The molecule has 0 aliphatic carbocycles. The first-order chi connectivity index (χ1) is 14.9. The first-order valence-corrected chi connectivity index (χ1v) is 12.3. The number of sulfonamides is 1. The lowest BCUT2D eigenvalue weighted by Crippen LogP contribution is -2.48. The van der Waals surface area contributed by atoms with Crippen LogP contribution in [0.25, 0.3) is 6.08 Å². The maximum absolute atomic E-state index is 13.1. The fraction of sp³-hybridized carbons (Fsp3) is 0.435. The molecule has 2 aromatic rings. The normalized spacial score (nSPS) is 18.8. The molecule has 31 heavy (non-hydrogen) atoms. The molecule has 0 spiro atoms. The van der Waals surface area contributed by atoms with Gasteiger partial charge in [-0.25, -0.2) is 8.42 Å². The SMILES string of the molecule is Cn1cc(S(=O)(=O)N2CCCC2)cc1C(=O)N1CCN(C/C=C/c2ccccc2)CC1. The number of amides is 1. The number of rotatable bonds is 6. The van der Waals surface area contributed by atoms with E-state index in [0.717, 1.165) is 32.5 Å². The molecule has 8 heteroatoms. The third-order valence-electron chi connectivity index (χ3n) is 6.03. The summed E-state index contributed by atoms with van der Waals surface area (Å²) < 4.78 is 28.8. The zero-order valence-electron chi connectivity index (χ0n) is 18.0. The fourth-order valence-corrected chi connectivity index (χ4v) is 5.75. The lowest BCUT2D eigenvalue weighted by molar-refractivity contribution is 0.0641. The van der Waals surface area contributed by atoms with Crippen LogP contribution in [0.5, 0.6) is 0 Å². The van der Waals surface area contributed by atoms with Gasteiger partial charge in [-0.05, 0) is 24.5 Å². The average molecular weight is 443 g/mol. The Bertz CT molecular complexity index is 1030. The Morgan fingerprint density at radius 3 is 2.35 bits per heavy atom. The standard InChI is InChI=1S/C23H30N4O3S/c1-24-19-21(31(29,30)27-12-5-6-13-27)18-22(24)23(28)26-16-14-25(15-17-26)11-7-10-20-8-3-2-4-9-20/h2-4,7-10,18-19H,5-6,11-17H2,1H3/b10-7+. The van der Waals surface area contributed by atoms with Crippen LogP contribution in [0, 0.1) is 0 Å². The Kier molecular flexibility index (Phi) is 6.60. The van der Waals surface area contributed by atoms with Crippen LogP contribution < -0.4 is 0 Å². The first kappa shape index (κ1) is 21.8. The summed E-state index contributed by atoms with van der Waals surface area (Å²) in [6, 6.07) is 11.7. The molecule has 166 valence electrons. The minimum absolute atomic E-state index is 0.107. The number of carbonyl (C=O) groups is 1. The lowest BCUT2D eigenvalue weighted by atomic mass is 10.2. The van der Waals surface area contributed by atoms with E-state index in [1.807, 2.05) is 23.1 Å². The highest BCUT2D eigenvalue weighted by atomic mass is 32.2. The predicted octanol–water partition coefficient (Wildman–Crippen LogP) is 2.28. The van der Waals surface area contributed by atoms with Crippen LogP contribution in [0.3, 0.4) is 0 Å². The summed E-state index contributed by atoms with van der Waals surface area (Å²) in [5.74, 6) is -0.107. The van der Waals surface area contributed by atoms with E-state index < -0.39 is 10.0 Å². The molecule has 7 nitrogen and oxygen atoms in total. The Hall–Kier alpha value is -2.42. The molecule has 0 bridgehead atoms. The Labute approximate surface area is 184 Å². The van der Waals surface area contributed by atoms with E-state index in [9.17, 15) is 13.2 Å². The molecular formula is C23H30N4O3S. The number of piperazine rings is 1. The van der Waals surface area contributed by atoms with Crippen molar-refractivity contribution in [3.8, 4) is 0 Å². The quantitative estimate of drug-likeness (QED) is 0.689. The van der Waals surface area contributed by atoms with Crippen LogP contribution in [-0.4, -0.2) is 78.8 Å². The molecule has 0 saturated carbocycles. The van der Waals surface area contributed by atoms with Crippen LogP contribution in [-0.2, 0) is 17.1 Å². The highest BCUT2D eigenvalue weighted by Crippen LogP contribution is 2.23.